The molecule has 2 heterocycles. The number of fused-ring (bicyclic) bond motifs is 1. The molecule has 1 aromatic heterocycles. The number of hydrogen-bond acceptors (Lipinski definition) is 3. The highest BCUT2D eigenvalue weighted by Crippen LogP contribution is 2.30. The number of aromatic nitrogens is 2. The van der Waals surface area contributed by atoms with Gasteiger partial charge >= 0.3 is 0 Å². The van der Waals surface area contributed by atoms with Crippen molar-refractivity contribution in [2.45, 2.75) is 13.3 Å². The van der Waals surface area contributed by atoms with Crippen LogP contribution in [-0.4, -0.2) is 21.6 Å². The molecule has 6 heteroatoms. The van der Waals surface area contributed by atoms with Gasteiger partial charge in [-0.1, -0.05) is 37.3 Å². The van der Waals surface area contributed by atoms with E-state index >= 15 is 0 Å². The average Bonchev–Trinajstić information content (AvgIpc) is 2.82. The lowest BCUT2D eigenvalue weighted by Gasteiger charge is -2.19. The molecule has 0 fully saturated rings. The van der Waals surface area contributed by atoms with Gasteiger partial charge < -0.3 is 10.6 Å². The number of amides is 2. The summed E-state index contributed by atoms with van der Waals surface area (Å²) in [5, 5.41) is 9.90. The zero-order valence-electron chi connectivity index (χ0n) is 13.0. The number of rotatable bonds is 3. The maximum absolute atomic E-state index is 12.1. The molecule has 3 rings (SSSR count). The van der Waals surface area contributed by atoms with Crippen molar-refractivity contribution in [2.75, 3.05) is 10.6 Å². The van der Waals surface area contributed by atoms with Gasteiger partial charge in [-0.2, -0.15) is 5.10 Å². The van der Waals surface area contributed by atoms with Gasteiger partial charge in [0, 0.05) is 24.6 Å². The van der Waals surface area contributed by atoms with Crippen LogP contribution in [0.15, 0.2) is 36.4 Å². The fourth-order valence-electron chi connectivity index (χ4n) is 2.55. The van der Waals surface area contributed by atoms with Crippen molar-refractivity contribution in [3.63, 3.8) is 0 Å². The zero-order chi connectivity index (χ0) is 16.4. The lowest BCUT2D eigenvalue weighted by atomic mass is 9.98. The molecule has 0 aliphatic carbocycles. The van der Waals surface area contributed by atoms with Crippen molar-refractivity contribution in [3.8, 4) is 0 Å². The summed E-state index contributed by atoms with van der Waals surface area (Å²) >= 11 is 0. The third-order valence-corrected chi connectivity index (χ3v) is 3.81. The molecule has 2 aromatic rings. The van der Waals surface area contributed by atoms with Crippen LogP contribution in [0.5, 0.6) is 0 Å². The molecule has 1 aromatic carbocycles. The zero-order valence-corrected chi connectivity index (χ0v) is 13.0. The smallest absolute Gasteiger partial charge is 0.249 e. The molecule has 0 saturated heterocycles. The molecule has 2 N–H and O–H groups in total. The summed E-state index contributed by atoms with van der Waals surface area (Å²) < 4.78 is 1.58. The predicted molar refractivity (Wildman–Crippen MR) is 88.8 cm³/mol. The van der Waals surface area contributed by atoms with Crippen molar-refractivity contribution >= 4 is 29.5 Å². The fourth-order valence-corrected chi connectivity index (χ4v) is 2.55. The van der Waals surface area contributed by atoms with Gasteiger partial charge in [0.05, 0.1) is 0 Å². The Morgan fingerprint density at radius 3 is 2.87 bits per heavy atom. The summed E-state index contributed by atoms with van der Waals surface area (Å²) in [4.78, 5) is 23.8. The van der Waals surface area contributed by atoms with E-state index in [4.69, 9.17) is 0 Å². The van der Waals surface area contributed by atoms with Crippen molar-refractivity contribution < 1.29 is 9.59 Å². The van der Waals surface area contributed by atoms with Gasteiger partial charge in [0.15, 0.2) is 5.82 Å². The molecule has 1 aliphatic heterocycles. The maximum Gasteiger partial charge on any atom is 0.249 e. The number of nitrogens with one attached hydrogen (secondary N) is 2. The molecule has 0 bridgehead atoms. The second-order valence-corrected chi connectivity index (χ2v) is 5.63. The summed E-state index contributed by atoms with van der Waals surface area (Å²) in [7, 11) is 1.74. The highest BCUT2D eigenvalue weighted by molar-refractivity contribution is 6.03. The van der Waals surface area contributed by atoms with Crippen LogP contribution in [-0.2, 0) is 23.1 Å². The lowest BCUT2D eigenvalue weighted by Crippen LogP contribution is -2.28. The van der Waals surface area contributed by atoms with Gasteiger partial charge in [0.25, 0.3) is 0 Å². The SMILES string of the molecule is CC1Cc2c(NC(=O)/C=C/c3ccccc3)nn(C)c2NC1=O. The molecule has 1 unspecified atom stereocenters. The first-order valence-corrected chi connectivity index (χ1v) is 7.45. The van der Waals surface area contributed by atoms with Gasteiger partial charge in [0.2, 0.25) is 11.8 Å². The summed E-state index contributed by atoms with van der Waals surface area (Å²) in [6.07, 6.45) is 3.78. The van der Waals surface area contributed by atoms with E-state index in [-0.39, 0.29) is 17.7 Å². The van der Waals surface area contributed by atoms with Crippen LogP contribution < -0.4 is 10.6 Å². The van der Waals surface area contributed by atoms with Gasteiger partial charge in [-0.15, -0.1) is 0 Å². The van der Waals surface area contributed by atoms with E-state index in [0.29, 0.717) is 18.1 Å². The standard InChI is InChI=1S/C17H18N4O2/c1-11-10-13-15(20-21(2)16(13)19-17(11)23)18-14(22)9-8-12-6-4-3-5-7-12/h3-9,11H,10H2,1-2H3,(H,19,23)(H,18,20,22)/b9-8+. The Bertz CT molecular complexity index is 777. The van der Waals surface area contributed by atoms with Crippen molar-refractivity contribution in [1.29, 1.82) is 0 Å². The Morgan fingerprint density at radius 1 is 1.39 bits per heavy atom. The van der Waals surface area contributed by atoms with Crippen LogP contribution in [0.25, 0.3) is 6.08 Å². The minimum atomic E-state index is -0.251. The molecule has 1 atom stereocenters. The van der Waals surface area contributed by atoms with Crippen LogP contribution in [0, 0.1) is 5.92 Å². The van der Waals surface area contributed by atoms with Crippen molar-refractivity contribution in [2.24, 2.45) is 13.0 Å². The van der Waals surface area contributed by atoms with E-state index in [1.807, 2.05) is 37.3 Å². The van der Waals surface area contributed by atoms with Crippen LogP contribution >= 0.6 is 0 Å². The normalized spacial score (nSPS) is 17.0. The van der Waals surface area contributed by atoms with Crippen LogP contribution in [0.4, 0.5) is 11.6 Å². The molecule has 118 valence electrons. The largest absolute Gasteiger partial charge is 0.310 e. The van der Waals surface area contributed by atoms with Crippen LogP contribution in [0.1, 0.15) is 18.1 Å². The van der Waals surface area contributed by atoms with Crippen molar-refractivity contribution in [3.05, 3.63) is 47.5 Å². The monoisotopic (exact) mass is 310 g/mol. The van der Waals surface area contributed by atoms with Gasteiger partial charge in [-0.3, -0.25) is 14.3 Å². The third kappa shape index (κ3) is 3.15. The average molecular weight is 310 g/mol. The number of carbonyl (C=O) groups is 2. The minimum absolute atomic E-state index is 0.0256. The number of hydrogen-bond donors (Lipinski definition) is 2. The Labute approximate surface area is 134 Å². The van der Waals surface area contributed by atoms with E-state index in [1.165, 1.54) is 6.08 Å². The van der Waals surface area contributed by atoms with E-state index in [1.54, 1.807) is 17.8 Å². The Hall–Kier alpha value is -2.89. The minimum Gasteiger partial charge on any atom is -0.310 e. The summed E-state index contributed by atoms with van der Waals surface area (Å²) in [5.74, 6) is 0.733. The molecule has 23 heavy (non-hydrogen) atoms. The third-order valence-electron chi connectivity index (χ3n) is 3.81. The topological polar surface area (TPSA) is 76.0 Å². The molecule has 2 amide bonds. The van der Waals surface area contributed by atoms with E-state index < -0.39 is 0 Å². The number of carbonyl (C=O) groups excluding carboxylic acids is 2. The van der Waals surface area contributed by atoms with E-state index in [2.05, 4.69) is 15.7 Å². The fraction of sp³-hybridized carbons (Fsp3) is 0.235. The second kappa shape index (κ2) is 6.08. The maximum atomic E-state index is 12.1. The quantitative estimate of drug-likeness (QED) is 0.853. The van der Waals surface area contributed by atoms with Gasteiger partial charge in [-0.05, 0) is 18.1 Å². The summed E-state index contributed by atoms with van der Waals surface area (Å²) in [5.41, 5.74) is 1.81. The lowest BCUT2D eigenvalue weighted by molar-refractivity contribution is -0.119. The number of aryl methyl sites for hydroxylation is 1. The Morgan fingerprint density at radius 2 is 2.13 bits per heavy atom. The number of anilines is 2. The summed E-state index contributed by atoms with van der Waals surface area (Å²) in [6, 6.07) is 9.59. The number of nitrogens with zero attached hydrogens (tertiary/aromatic N) is 2. The molecular weight excluding hydrogens is 292 g/mol. The first-order chi connectivity index (χ1) is 11.0. The molecule has 0 radical (unpaired) electrons. The highest BCUT2D eigenvalue weighted by Gasteiger charge is 2.28. The first kappa shape index (κ1) is 15.0. The van der Waals surface area contributed by atoms with Gasteiger partial charge in [0.1, 0.15) is 5.82 Å². The van der Waals surface area contributed by atoms with E-state index in [9.17, 15) is 9.59 Å². The van der Waals surface area contributed by atoms with Crippen LogP contribution in [0.2, 0.25) is 0 Å². The Balaban J connectivity index is 1.76. The molecule has 0 saturated carbocycles. The summed E-state index contributed by atoms with van der Waals surface area (Å²) in [6.45, 7) is 1.85. The van der Waals surface area contributed by atoms with E-state index in [0.717, 1.165) is 11.1 Å². The Kier molecular flexibility index (Phi) is 3.97. The first-order valence-electron chi connectivity index (χ1n) is 7.45. The molecule has 1 aliphatic rings. The van der Waals surface area contributed by atoms with Crippen molar-refractivity contribution in [1.82, 2.24) is 9.78 Å². The highest BCUT2D eigenvalue weighted by atomic mass is 16.2. The molecule has 6 nitrogen and oxygen atoms in total. The number of benzene rings is 1. The van der Waals surface area contributed by atoms with Gasteiger partial charge in [-0.25, -0.2) is 0 Å². The predicted octanol–water partition coefficient (Wildman–Crippen LogP) is 2.20. The second-order valence-electron chi connectivity index (χ2n) is 5.63. The molecular formula is C17H18N4O2. The molecule has 0 spiro atoms. The van der Waals surface area contributed by atoms with Crippen LogP contribution in [0.3, 0.4) is 0 Å².